The smallest absolute Gasteiger partial charge is 0.183 e. The highest BCUT2D eigenvalue weighted by molar-refractivity contribution is 7.15. The van der Waals surface area contributed by atoms with Gasteiger partial charge in [-0.2, -0.15) is 0 Å². The molecule has 6 heteroatoms. The van der Waals surface area contributed by atoms with Gasteiger partial charge in [0.2, 0.25) is 0 Å². The molecule has 1 aromatic heterocycles. The monoisotopic (exact) mass is 306 g/mol. The molecule has 0 atom stereocenters. The fourth-order valence-electron chi connectivity index (χ4n) is 1.47. The predicted molar refractivity (Wildman–Crippen MR) is 75.6 cm³/mol. The second-order valence-electron chi connectivity index (χ2n) is 3.51. The van der Waals surface area contributed by atoms with Gasteiger partial charge < -0.3 is 5.32 Å². The molecule has 0 bridgehead atoms. The van der Waals surface area contributed by atoms with Crippen LogP contribution in [-0.2, 0) is 6.54 Å². The Balaban J connectivity index is 2.14. The fourth-order valence-corrected chi connectivity index (χ4v) is 3.05. The third kappa shape index (κ3) is 3.26. The van der Waals surface area contributed by atoms with Crippen molar-refractivity contribution < 1.29 is 0 Å². The quantitative estimate of drug-likeness (QED) is 0.861. The van der Waals surface area contributed by atoms with Gasteiger partial charge in [-0.3, -0.25) is 0 Å². The van der Waals surface area contributed by atoms with Crippen LogP contribution in [0.3, 0.4) is 0 Å². The van der Waals surface area contributed by atoms with E-state index in [0.717, 1.165) is 16.1 Å². The molecule has 0 spiro atoms. The summed E-state index contributed by atoms with van der Waals surface area (Å²) >= 11 is 19.2. The molecule has 1 N–H and O–H groups in total. The van der Waals surface area contributed by atoms with Crippen LogP contribution < -0.4 is 5.32 Å². The molecule has 2 aromatic rings. The summed E-state index contributed by atoms with van der Waals surface area (Å²) < 4.78 is 0.542. The number of anilines is 1. The van der Waals surface area contributed by atoms with Gasteiger partial charge in [0.15, 0.2) is 4.47 Å². The van der Waals surface area contributed by atoms with Crippen LogP contribution in [0.2, 0.25) is 14.5 Å². The van der Waals surface area contributed by atoms with Crippen LogP contribution in [0.1, 0.15) is 10.4 Å². The summed E-state index contributed by atoms with van der Waals surface area (Å²) in [6.45, 7) is 2.60. The van der Waals surface area contributed by atoms with Crippen molar-refractivity contribution in [1.29, 1.82) is 0 Å². The van der Waals surface area contributed by atoms with E-state index in [1.54, 1.807) is 12.3 Å². The topological polar surface area (TPSA) is 24.9 Å². The molecule has 0 aliphatic rings. The summed E-state index contributed by atoms with van der Waals surface area (Å²) in [5.41, 5.74) is 1.90. The minimum Gasteiger partial charge on any atom is -0.379 e. The molecule has 0 aliphatic heterocycles. The Bertz CT molecular complexity index is 516. The molecule has 90 valence electrons. The SMILES string of the molecule is Cc1cc(Cl)cc(Cl)c1NCc1cnc(Cl)s1. The van der Waals surface area contributed by atoms with Crippen molar-refractivity contribution in [2.45, 2.75) is 13.5 Å². The number of benzene rings is 1. The van der Waals surface area contributed by atoms with E-state index in [1.807, 2.05) is 13.0 Å². The molecule has 2 nitrogen and oxygen atoms in total. The lowest BCUT2D eigenvalue weighted by atomic mass is 10.2. The fraction of sp³-hybridized carbons (Fsp3) is 0.182. The summed E-state index contributed by atoms with van der Waals surface area (Å²) in [4.78, 5) is 5.03. The van der Waals surface area contributed by atoms with Crippen molar-refractivity contribution in [3.05, 3.63) is 43.3 Å². The van der Waals surface area contributed by atoms with Gasteiger partial charge in [0.25, 0.3) is 0 Å². The molecule has 0 saturated heterocycles. The second-order valence-corrected chi connectivity index (χ2v) is 6.05. The molecule has 0 amide bonds. The van der Waals surface area contributed by atoms with E-state index in [2.05, 4.69) is 10.3 Å². The van der Waals surface area contributed by atoms with Crippen molar-refractivity contribution in [2.75, 3.05) is 5.32 Å². The van der Waals surface area contributed by atoms with Gasteiger partial charge >= 0.3 is 0 Å². The highest BCUT2D eigenvalue weighted by Gasteiger charge is 2.06. The maximum atomic E-state index is 6.12. The first-order valence-electron chi connectivity index (χ1n) is 4.86. The summed E-state index contributed by atoms with van der Waals surface area (Å²) in [7, 11) is 0. The molecule has 2 rings (SSSR count). The molecular formula is C11H9Cl3N2S. The normalized spacial score (nSPS) is 10.6. The van der Waals surface area contributed by atoms with Gasteiger partial charge in [0, 0.05) is 16.1 Å². The number of hydrogen-bond acceptors (Lipinski definition) is 3. The molecule has 0 unspecified atom stereocenters. The Kier molecular flexibility index (Phi) is 4.15. The summed E-state index contributed by atoms with van der Waals surface area (Å²) in [6, 6.07) is 3.59. The summed E-state index contributed by atoms with van der Waals surface area (Å²) in [5.74, 6) is 0. The first-order valence-corrected chi connectivity index (χ1v) is 6.81. The molecule has 0 radical (unpaired) electrons. The van der Waals surface area contributed by atoms with Crippen molar-refractivity contribution in [2.24, 2.45) is 0 Å². The van der Waals surface area contributed by atoms with Gasteiger partial charge in [-0.05, 0) is 24.6 Å². The standard InChI is InChI=1S/C11H9Cl3N2S/c1-6-2-7(12)3-9(13)10(6)15-4-8-5-16-11(14)17-8/h2-3,5,15H,4H2,1H3. The molecule has 1 aromatic carbocycles. The Hall–Kier alpha value is -0.480. The van der Waals surface area contributed by atoms with Crippen LogP contribution in [0.4, 0.5) is 5.69 Å². The lowest BCUT2D eigenvalue weighted by Gasteiger charge is -2.10. The number of hydrogen-bond donors (Lipinski definition) is 1. The third-order valence-electron chi connectivity index (χ3n) is 2.22. The zero-order valence-electron chi connectivity index (χ0n) is 8.93. The average Bonchev–Trinajstić information content (AvgIpc) is 2.62. The first kappa shape index (κ1) is 13.0. The molecule has 17 heavy (non-hydrogen) atoms. The lowest BCUT2D eigenvalue weighted by molar-refractivity contribution is 1.16. The average molecular weight is 308 g/mol. The van der Waals surface area contributed by atoms with Crippen molar-refractivity contribution in [3.63, 3.8) is 0 Å². The van der Waals surface area contributed by atoms with Crippen molar-refractivity contribution >= 4 is 51.8 Å². The maximum Gasteiger partial charge on any atom is 0.183 e. The number of thiazole rings is 1. The summed E-state index contributed by atoms with van der Waals surface area (Å²) in [5, 5.41) is 4.51. The number of aromatic nitrogens is 1. The Morgan fingerprint density at radius 1 is 1.29 bits per heavy atom. The van der Waals surface area contributed by atoms with E-state index in [4.69, 9.17) is 34.8 Å². The van der Waals surface area contributed by atoms with E-state index in [0.29, 0.717) is 21.1 Å². The first-order chi connectivity index (χ1) is 8.06. The highest BCUT2D eigenvalue weighted by atomic mass is 35.5. The van der Waals surface area contributed by atoms with Crippen molar-refractivity contribution in [1.82, 2.24) is 4.98 Å². The maximum absolute atomic E-state index is 6.12. The number of halogens is 3. The van der Waals surface area contributed by atoms with Crippen LogP contribution in [0.25, 0.3) is 0 Å². The van der Waals surface area contributed by atoms with Crippen LogP contribution in [-0.4, -0.2) is 4.98 Å². The van der Waals surface area contributed by atoms with Crippen LogP contribution in [0, 0.1) is 6.92 Å². The lowest BCUT2D eigenvalue weighted by Crippen LogP contribution is -2.00. The second kappa shape index (κ2) is 5.44. The summed E-state index contributed by atoms with van der Waals surface area (Å²) in [6.07, 6.45) is 1.75. The highest BCUT2D eigenvalue weighted by Crippen LogP contribution is 2.30. The predicted octanol–water partition coefficient (Wildman–Crippen LogP) is 5.02. The minimum atomic E-state index is 0.542. The van der Waals surface area contributed by atoms with Gasteiger partial charge in [-0.1, -0.05) is 34.8 Å². The van der Waals surface area contributed by atoms with Crippen LogP contribution in [0.5, 0.6) is 0 Å². The van der Waals surface area contributed by atoms with E-state index in [1.165, 1.54) is 11.3 Å². The number of nitrogens with one attached hydrogen (secondary N) is 1. The number of rotatable bonds is 3. The van der Waals surface area contributed by atoms with E-state index >= 15 is 0 Å². The molecular weight excluding hydrogens is 299 g/mol. The van der Waals surface area contributed by atoms with Gasteiger partial charge in [-0.25, -0.2) is 4.98 Å². The van der Waals surface area contributed by atoms with E-state index in [-0.39, 0.29) is 0 Å². The molecule has 1 heterocycles. The largest absolute Gasteiger partial charge is 0.379 e. The van der Waals surface area contributed by atoms with Gasteiger partial charge in [-0.15, -0.1) is 11.3 Å². The van der Waals surface area contributed by atoms with E-state index in [9.17, 15) is 0 Å². The minimum absolute atomic E-state index is 0.542. The zero-order valence-corrected chi connectivity index (χ0v) is 12.0. The van der Waals surface area contributed by atoms with Gasteiger partial charge in [0.05, 0.1) is 17.3 Å². The molecule has 0 fully saturated rings. The van der Waals surface area contributed by atoms with Crippen LogP contribution in [0.15, 0.2) is 18.3 Å². The Morgan fingerprint density at radius 2 is 2.06 bits per heavy atom. The molecule has 0 saturated carbocycles. The Labute approximate surface area is 119 Å². The number of aryl methyl sites for hydroxylation is 1. The zero-order chi connectivity index (χ0) is 12.4. The van der Waals surface area contributed by atoms with E-state index < -0.39 is 0 Å². The van der Waals surface area contributed by atoms with Gasteiger partial charge in [0.1, 0.15) is 0 Å². The molecule has 0 aliphatic carbocycles. The third-order valence-corrected chi connectivity index (χ3v) is 3.85. The number of nitrogens with zero attached hydrogens (tertiary/aromatic N) is 1. The Morgan fingerprint density at radius 3 is 2.65 bits per heavy atom. The van der Waals surface area contributed by atoms with Crippen LogP contribution >= 0.6 is 46.1 Å². The van der Waals surface area contributed by atoms with Crippen molar-refractivity contribution in [3.8, 4) is 0 Å².